The van der Waals surface area contributed by atoms with Gasteiger partial charge in [0, 0.05) is 31.9 Å². The number of aliphatic hydroxyl groups is 3. The highest BCUT2D eigenvalue weighted by Crippen LogP contribution is 2.48. The van der Waals surface area contributed by atoms with E-state index in [2.05, 4.69) is 30.4 Å². The van der Waals surface area contributed by atoms with Crippen LogP contribution in [0.1, 0.15) is 56.1 Å². The summed E-state index contributed by atoms with van der Waals surface area (Å²) in [6.45, 7) is 2.70. The van der Waals surface area contributed by atoms with Crippen LogP contribution in [0.25, 0.3) is 0 Å². The van der Waals surface area contributed by atoms with Crippen LogP contribution in [-0.2, 0) is 11.2 Å². The van der Waals surface area contributed by atoms with Gasteiger partial charge in [-0.15, -0.1) is 0 Å². The van der Waals surface area contributed by atoms with Crippen molar-refractivity contribution in [3.8, 4) is 0 Å². The molecule has 1 aromatic carbocycles. The van der Waals surface area contributed by atoms with E-state index in [9.17, 15) is 15.0 Å². The molecule has 1 amide bonds. The third-order valence-corrected chi connectivity index (χ3v) is 6.84. The smallest absolute Gasteiger partial charge is 0.219 e. The zero-order chi connectivity index (χ0) is 22.9. The Morgan fingerprint density at radius 1 is 1.28 bits per heavy atom. The lowest BCUT2D eigenvalue weighted by Crippen LogP contribution is -2.24. The van der Waals surface area contributed by atoms with Crippen LogP contribution in [0.4, 0.5) is 0 Å². The number of unbranched alkanes of at least 4 members (excludes halogenated alkanes) is 1. The molecular formula is C27H39NO4. The van der Waals surface area contributed by atoms with E-state index in [0.717, 1.165) is 37.7 Å². The van der Waals surface area contributed by atoms with Crippen LogP contribution in [0, 0.1) is 24.7 Å². The molecule has 0 aliphatic heterocycles. The Bertz CT molecular complexity index is 803. The first-order chi connectivity index (χ1) is 15.5. The second kappa shape index (κ2) is 12.3. The number of hydrogen-bond donors (Lipinski definition) is 4. The van der Waals surface area contributed by atoms with E-state index in [1.54, 1.807) is 0 Å². The van der Waals surface area contributed by atoms with E-state index in [1.807, 2.05) is 24.3 Å². The summed E-state index contributed by atoms with van der Waals surface area (Å²) in [5.74, 6) is 1.00. The minimum Gasteiger partial charge on any atom is -0.396 e. The molecule has 0 aromatic heterocycles. The highest BCUT2D eigenvalue weighted by atomic mass is 16.3. The standard InChI is InChI=1S/C27H39NO4/c1-19-6-4-8-20(14-19)16-23(30)10-11-24-25-17-21(15-22(25)18-26(24)31)7-2-3-9-27(32)28-12-5-13-29/h4,6,8,10-11,14-15,22-26,29-31H,2-3,5,7,9,12-13,16-18H2,1H3,(H,28,32)/b11-10+/t22-,23+,24+,25-,26+/m0/s1. The van der Waals surface area contributed by atoms with E-state index in [0.29, 0.717) is 37.6 Å². The van der Waals surface area contributed by atoms with Crippen LogP contribution in [-0.4, -0.2) is 46.6 Å². The molecule has 5 atom stereocenters. The first-order valence-electron chi connectivity index (χ1n) is 12.1. The van der Waals surface area contributed by atoms with Gasteiger partial charge in [0.05, 0.1) is 12.2 Å². The summed E-state index contributed by atoms with van der Waals surface area (Å²) in [4.78, 5) is 11.7. The molecule has 4 N–H and O–H groups in total. The number of aliphatic hydroxyl groups excluding tert-OH is 3. The summed E-state index contributed by atoms with van der Waals surface area (Å²) in [6.07, 6.45) is 11.8. The first kappa shape index (κ1) is 24.7. The van der Waals surface area contributed by atoms with Crippen molar-refractivity contribution in [3.05, 3.63) is 59.2 Å². The van der Waals surface area contributed by atoms with Crippen molar-refractivity contribution in [2.24, 2.45) is 17.8 Å². The fourth-order valence-electron chi connectivity index (χ4n) is 5.23. The van der Waals surface area contributed by atoms with Gasteiger partial charge in [-0.3, -0.25) is 4.79 Å². The van der Waals surface area contributed by atoms with Gasteiger partial charge < -0.3 is 20.6 Å². The molecule has 1 aromatic rings. The summed E-state index contributed by atoms with van der Waals surface area (Å²) in [6, 6.07) is 8.21. The average Bonchev–Trinajstić information content (AvgIpc) is 3.26. The van der Waals surface area contributed by atoms with Gasteiger partial charge in [0.1, 0.15) is 0 Å². The molecule has 0 unspecified atom stereocenters. The molecular weight excluding hydrogens is 402 g/mol. The van der Waals surface area contributed by atoms with E-state index in [4.69, 9.17) is 5.11 Å². The van der Waals surface area contributed by atoms with Crippen molar-refractivity contribution >= 4 is 5.91 Å². The molecule has 5 nitrogen and oxygen atoms in total. The van der Waals surface area contributed by atoms with Gasteiger partial charge in [-0.1, -0.05) is 53.6 Å². The molecule has 2 aliphatic rings. The number of nitrogens with one attached hydrogen (secondary N) is 1. The van der Waals surface area contributed by atoms with Gasteiger partial charge in [-0.2, -0.15) is 0 Å². The predicted octanol–water partition coefficient (Wildman–Crippen LogP) is 3.46. The maximum absolute atomic E-state index is 11.7. The van der Waals surface area contributed by atoms with Gasteiger partial charge in [0.25, 0.3) is 0 Å². The minimum atomic E-state index is -0.541. The van der Waals surface area contributed by atoms with Crippen molar-refractivity contribution in [1.82, 2.24) is 5.32 Å². The van der Waals surface area contributed by atoms with E-state index in [-0.39, 0.29) is 24.5 Å². The summed E-state index contributed by atoms with van der Waals surface area (Å²) in [5, 5.41) is 32.6. The van der Waals surface area contributed by atoms with Gasteiger partial charge in [0.2, 0.25) is 5.91 Å². The van der Waals surface area contributed by atoms with Gasteiger partial charge in [-0.25, -0.2) is 0 Å². The zero-order valence-electron chi connectivity index (χ0n) is 19.2. The number of hydrogen-bond acceptors (Lipinski definition) is 4. The molecule has 2 aliphatic carbocycles. The Morgan fingerprint density at radius 2 is 2.12 bits per heavy atom. The molecule has 0 radical (unpaired) electrons. The number of carbonyl (C=O) groups is 1. The molecule has 32 heavy (non-hydrogen) atoms. The molecule has 0 spiro atoms. The summed E-state index contributed by atoms with van der Waals surface area (Å²) in [5.41, 5.74) is 3.77. The fraction of sp³-hybridized carbons (Fsp3) is 0.593. The number of rotatable bonds is 12. The third-order valence-electron chi connectivity index (χ3n) is 6.84. The topological polar surface area (TPSA) is 89.8 Å². The average molecular weight is 442 g/mol. The van der Waals surface area contributed by atoms with Crippen LogP contribution >= 0.6 is 0 Å². The summed E-state index contributed by atoms with van der Waals surface area (Å²) >= 11 is 0. The van der Waals surface area contributed by atoms with E-state index in [1.165, 1.54) is 11.1 Å². The van der Waals surface area contributed by atoms with Crippen molar-refractivity contribution in [2.45, 2.75) is 70.5 Å². The van der Waals surface area contributed by atoms with Crippen molar-refractivity contribution < 1.29 is 20.1 Å². The number of benzene rings is 1. The Labute approximate surface area is 192 Å². The normalized spacial score (nSPS) is 25.7. The Hall–Kier alpha value is -1.95. The number of fused-ring (bicyclic) bond motifs is 1. The molecule has 3 rings (SSSR count). The van der Waals surface area contributed by atoms with Crippen LogP contribution in [0.3, 0.4) is 0 Å². The summed E-state index contributed by atoms with van der Waals surface area (Å²) < 4.78 is 0. The first-order valence-corrected chi connectivity index (χ1v) is 12.1. The molecule has 0 heterocycles. The van der Waals surface area contributed by atoms with Crippen LogP contribution in [0.2, 0.25) is 0 Å². The summed E-state index contributed by atoms with van der Waals surface area (Å²) in [7, 11) is 0. The molecule has 176 valence electrons. The second-order valence-electron chi connectivity index (χ2n) is 9.52. The van der Waals surface area contributed by atoms with Crippen LogP contribution in [0.5, 0.6) is 0 Å². The Kier molecular flexibility index (Phi) is 9.51. The van der Waals surface area contributed by atoms with E-state index < -0.39 is 6.10 Å². The lowest BCUT2D eigenvalue weighted by atomic mass is 9.88. The highest BCUT2D eigenvalue weighted by Gasteiger charge is 2.43. The molecule has 0 bridgehead atoms. The molecule has 0 saturated heterocycles. The second-order valence-corrected chi connectivity index (χ2v) is 9.52. The largest absolute Gasteiger partial charge is 0.396 e. The lowest BCUT2D eigenvalue weighted by molar-refractivity contribution is -0.121. The third kappa shape index (κ3) is 7.29. The number of allylic oxidation sites excluding steroid dienone is 2. The van der Waals surface area contributed by atoms with Crippen molar-refractivity contribution in [3.63, 3.8) is 0 Å². The SMILES string of the molecule is Cc1cccc(C[C@H](O)/C=C/[C@@H]2[C@H]3CC(CCCCC(=O)NCCCO)=C[C@H]3C[C@H]2O)c1. The van der Waals surface area contributed by atoms with Gasteiger partial charge in [0.15, 0.2) is 0 Å². The quantitative estimate of drug-likeness (QED) is 0.295. The Balaban J connectivity index is 1.41. The number of aryl methyl sites for hydroxylation is 1. The van der Waals surface area contributed by atoms with Crippen molar-refractivity contribution in [1.29, 1.82) is 0 Å². The number of amides is 1. The maximum Gasteiger partial charge on any atom is 0.219 e. The molecule has 1 fully saturated rings. The monoisotopic (exact) mass is 441 g/mol. The number of carbonyl (C=O) groups excluding carboxylic acids is 1. The molecule has 1 saturated carbocycles. The van der Waals surface area contributed by atoms with Gasteiger partial charge in [-0.05, 0) is 62.8 Å². The van der Waals surface area contributed by atoms with Crippen LogP contribution < -0.4 is 5.32 Å². The van der Waals surface area contributed by atoms with E-state index >= 15 is 0 Å². The molecule has 5 heteroatoms. The fourth-order valence-corrected chi connectivity index (χ4v) is 5.23. The highest BCUT2D eigenvalue weighted by molar-refractivity contribution is 5.75. The Morgan fingerprint density at radius 3 is 2.91 bits per heavy atom. The van der Waals surface area contributed by atoms with Gasteiger partial charge >= 0.3 is 0 Å². The lowest BCUT2D eigenvalue weighted by Gasteiger charge is -2.19. The van der Waals surface area contributed by atoms with Crippen LogP contribution in [0.15, 0.2) is 48.1 Å². The maximum atomic E-state index is 11.7. The predicted molar refractivity (Wildman–Crippen MR) is 127 cm³/mol. The zero-order valence-corrected chi connectivity index (χ0v) is 19.2. The van der Waals surface area contributed by atoms with Crippen molar-refractivity contribution in [2.75, 3.05) is 13.2 Å². The minimum absolute atomic E-state index is 0.0632.